The van der Waals surface area contributed by atoms with Gasteiger partial charge in [0.05, 0.1) is 0 Å². The molecule has 0 heterocycles. The van der Waals surface area contributed by atoms with Crippen molar-refractivity contribution in [1.82, 2.24) is 0 Å². The first-order valence-electron chi connectivity index (χ1n) is 4.74. The molecule has 0 aliphatic heterocycles. The van der Waals surface area contributed by atoms with Gasteiger partial charge in [0.15, 0.2) is 6.07 Å². The Kier molecular flexibility index (Phi) is 3.25. The highest BCUT2D eigenvalue weighted by molar-refractivity contribution is 6.17. The molecule has 2 aromatic carbocycles. The van der Waals surface area contributed by atoms with Gasteiger partial charge in [-0.05, 0) is 23.3 Å². The van der Waals surface area contributed by atoms with Gasteiger partial charge in [0.2, 0.25) is 0 Å². The molecule has 2 rings (SSSR count). The fraction of sp³-hybridized carbons (Fsp3) is 0.0769. The molecule has 0 N–H and O–H groups in total. The second-order valence-corrected chi connectivity index (χ2v) is 3.37. The lowest BCUT2D eigenvalue weighted by molar-refractivity contribution is 0.388. The van der Waals surface area contributed by atoms with Crippen LogP contribution in [-0.4, -0.2) is 6.07 Å². The van der Waals surface area contributed by atoms with E-state index in [0.29, 0.717) is 0 Å². The van der Waals surface area contributed by atoms with E-state index in [1.807, 2.05) is 36.4 Å². The molecule has 0 spiro atoms. The molecule has 76 valence electrons. The van der Waals surface area contributed by atoms with E-state index in [0.717, 1.165) is 11.3 Å². The molecular weight excluding hydrogens is 208 g/mol. The van der Waals surface area contributed by atoms with Crippen LogP contribution in [0.2, 0.25) is 0 Å². The summed E-state index contributed by atoms with van der Waals surface area (Å²) in [6.07, 6.45) is 0. The first-order chi connectivity index (χ1) is 7.40. The maximum Gasteiger partial charge on any atom is 0.162 e. The van der Waals surface area contributed by atoms with E-state index in [4.69, 9.17) is 16.3 Å². The van der Waals surface area contributed by atoms with Crippen LogP contribution in [0.5, 0.6) is 5.75 Å². The number of hydrogen-bond acceptors (Lipinski definition) is 1. The molecule has 0 aromatic heterocycles. The van der Waals surface area contributed by atoms with Crippen LogP contribution in [0, 0.1) is 0 Å². The van der Waals surface area contributed by atoms with Crippen molar-refractivity contribution in [3.8, 4) is 16.9 Å². The summed E-state index contributed by atoms with van der Waals surface area (Å²) < 4.78 is 5.23. The predicted molar refractivity (Wildman–Crippen MR) is 63.2 cm³/mol. The van der Waals surface area contributed by atoms with Gasteiger partial charge < -0.3 is 4.74 Å². The van der Waals surface area contributed by atoms with Crippen LogP contribution in [-0.2, 0) is 0 Å². The zero-order valence-corrected chi connectivity index (χ0v) is 8.95. The molecule has 1 nitrogen and oxygen atoms in total. The second kappa shape index (κ2) is 4.85. The normalized spacial score (nSPS) is 9.93. The van der Waals surface area contributed by atoms with Gasteiger partial charge in [-0.1, -0.05) is 54.1 Å². The zero-order chi connectivity index (χ0) is 10.5. The van der Waals surface area contributed by atoms with Crippen molar-refractivity contribution in [3.05, 3.63) is 54.6 Å². The third kappa shape index (κ3) is 2.51. The van der Waals surface area contributed by atoms with Crippen LogP contribution in [0.4, 0.5) is 0 Å². The molecule has 0 atom stereocenters. The van der Waals surface area contributed by atoms with Gasteiger partial charge in [0.1, 0.15) is 5.75 Å². The Morgan fingerprint density at radius 2 is 1.60 bits per heavy atom. The number of ether oxygens (including phenoxy) is 1. The smallest absolute Gasteiger partial charge is 0.162 e. The molecule has 0 aliphatic rings. The second-order valence-electron chi connectivity index (χ2n) is 3.15. The maximum absolute atomic E-state index is 5.51. The summed E-state index contributed by atoms with van der Waals surface area (Å²) in [5.74, 6) is 0.798. The third-order valence-corrected chi connectivity index (χ3v) is 2.27. The average Bonchev–Trinajstić information content (AvgIpc) is 2.31. The van der Waals surface area contributed by atoms with Crippen LogP contribution in [0.15, 0.2) is 54.6 Å². The molecule has 0 amide bonds. The van der Waals surface area contributed by atoms with Gasteiger partial charge in [0, 0.05) is 0 Å². The summed E-state index contributed by atoms with van der Waals surface area (Å²) in [6.45, 7) is 0. The van der Waals surface area contributed by atoms with Crippen LogP contribution in [0.3, 0.4) is 0 Å². The molecule has 0 unspecified atom stereocenters. The Hall–Kier alpha value is -1.47. The fourth-order valence-corrected chi connectivity index (χ4v) is 1.59. The highest BCUT2D eigenvalue weighted by atomic mass is 35.5. The zero-order valence-electron chi connectivity index (χ0n) is 8.19. The van der Waals surface area contributed by atoms with E-state index in [9.17, 15) is 0 Å². The van der Waals surface area contributed by atoms with Crippen LogP contribution in [0.1, 0.15) is 0 Å². The average molecular weight is 219 g/mol. The molecule has 2 heteroatoms. The quantitative estimate of drug-likeness (QED) is 0.710. The standard InChI is InChI=1S/C13H11ClO/c14-10-15-13-8-4-7-12(9-13)11-5-2-1-3-6-11/h1-9H,10H2. The van der Waals surface area contributed by atoms with Crippen LogP contribution < -0.4 is 4.74 Å². The molecule has 0 saturated heterocycles. The molecule has 0 saturated carbocycles. The van der Waals surface area contributed by atoms with E-state index in [1.54, 1.807) is 0 Å². The predicted octanol–water partition coefficient (Wildman–Crippen LogP) is 3.93. The molecule has 15 heavy (non-hydrogen) atoms. The number of hydrogen-bond donors (Lipinski definition) is 0. The number of alkyl halides is 1. The topological polar surface area (TPSA) is 9.23 Å². The molecule has 0 fully saturated rings. The number of benzene rings is 2. The summed E-state index contributed by atoms with van der Waals surface area (Å²) in [5.41, 5.74) is 2.32. The largest absolute Gasteiger partial charge is 0.478 e. The van der Waals surface area contributed by atoms with Gasteiger partial charge in [-0.2, -0.15) is 0 Å². The minimum absolute atomic E-state index is 0.179. The van der Waals surface area contributed by atoms with Crippen molar-refractivity contribution in [2.75, 3.05) is 6.07 Å². The Morgan fingerprint density at radius 1 is 0.867 bits per heavy atom. The monoisotopic (exact) mass is 218 g/mol. The minimum atomic E-state index is 0.179. The molecule has 0 bridgehead atoms. The molecule has 0 radical (unpaired) electrons. The lowest BCUT2D eigenvalue weighted by atomic mass is 10.1. The summed E-state index contributed by atoms with van der Waals surface area (Å²) in [4.78, 5) is 0. The van der Waals surface area contributed by atoms with Gasteiger partial charge in [0.25, 0.3) is 0 Å². The van der Waals surface area contributed by atoms with Crippen molar-refractivity contribution < 1.29 is 4.74 Å². The lowest BCUT2D eigenvalue weighted by Gasteiger charge is -2.05. The number of rotatable bonds is 3. The molecule has 2 aromatic rings. The first kappa shape index (κ1) is 10.1. The van der Waals surface area contributed by atoms with Gasteiger partial charge in [-0.15, -0.1) is 0 Å². The Balaban J connectivity index is 2.33. The van der Waals surface area contributed by atoms with E-state index in [2.05, 4.69) is 18.2 Å². The van der Waals surface area contributed by atoms with E-state index < -0.39 is 0 Å². The fourth-order valence-electron chi connectivity index (χ4n) is 1.46. The van der Waals surface area contributed by atoms with Crippen LogP contribution in [0.25, 0.3) is 11.1 Å². The third-order valence-electron chi connectivity index (χ3n) is 2.16. The summed E-state index contributed by atoms with van der Waals surface area (Å²) in [6, 6.07) is 18.3. The van der Waals surface area contributed by atoms with Gasteiger partial charge >= 0.3 is 0 Å². The van der Waals surface area contributed by atoms with Crippen molar-refractivity contribution in [3.63, 3.8) is 0 Å². The summed E-state index contributed by atoms with van der Waals surface area (Å²) in [5, 5.41) is 0. The van der Waals surface area contributed by atoms with E-state index in [-0.39, 0.29) is 6.07 Å². The van der Waals surface area contributed by atoms with Crippen LogP contribution >= 0.6 is 11.6 Å². The summed E-state index contributed by atoms with van der Waals surface area (Å²) >= 11 is 5.51. The first-order valence-corrected chi connectivity index (χ1v) is 5.28. The SMILES string of the molecule is ClCOc1cccc(-c2ccccc2)c1. The Bertz CT molecular complexity index is 426. The van der Waals surface area contributed by atoms with Gasteiger partial charge in [-0.3, -0.25) is 0 Å². The van der Waals surface area contributed by atoms with Crippen molar-refractivity contribution in [2.24, 2.45) is 0 Å². The highest BCUT2D eigenvalue weighted by Crippen LogP contribution is 2.23. The van der Waals surface area contributed by atoms with Gasteiger partial charge in [-0.25, -0.2) is 0 Å². The highest BCUT2D eigenvalue weighted by Gasteiger charge is 1.98. The van der Waals surface area contributed by atoms with Crippen molar-refractivity contribution in [1.29, 1.82) is 0 Å². The van der Waals surface area contributed by atoms with Crippen molar-refractivity contribution in [2.45, 2.75) is 0 Å². The Morgan fingerprint density at radius 3 is 2.33 bits per heavy atom. The van der Waals surface area contributed by atoms with Crippen molar-refractivity contribution >= 4 is 11.6 Å². The summed E-state index contributed by atoms with van der Waals surface area (Å²) in [7, 11) is 0. The van der Waals surface area contributed by atoms with E-state index in [1.165, 1.54) is 5.56 Å². The lowest BCUT2D eigenvalue weighted by Crippen LogP contribution is -1.88. The maximum atomic E-state index is 5.51. The molecular formula is C13H11ClO. The number of halogens is 1. The molecule has 0 aliphatic carbocycles. The Labute approximate surface area is 94.3 Å². The van der Waals surface area contributed by atoms with E-state index >= 15 is 0 Å². The minimum Gasteiger partial charge on any atom is -0.478 e.